The van der Waals surface area contributed by atoms with Gasteiger partial charge in [0.25, 0.3) is 5.91 Å². The van der Waals surface area contributed by atoms with Crippen LogP contribution in [0.3, 0.4) is 0 Å². The first-order valence-corrected chi connectivity index (χ1v) is 10.7. The van der Waals surface area contributed by atoms with Gasteiger partial charge in [0.05, 0.1) is 6.20 Å². The molecule has 1 saturated heterocycles. The molecule has 1 fully saturated rings. The minimum atomic E-state index is -0.636. The Morgan fingerprint density at radius 3 is 2.55 bits per heavy atom. The second-order valence-electron chi connectivity index (χ2n) is 7.91. The largest absolute Gasteiger partial charge is 0.369 e. The lowest BCUT2D eigenvalue weighted by atomic mass is 10.2. The van der Waals surface area contributed by atoms with Crippen LogP contribution in [-0.2, 0) is 0 Å². The Morgan fingerprint density at radius 1 is 1.03 bits per heavy atom. The summed E-state index contributed by atoms with van der Waals surface area (Å²) in [4.78, 5) is 32.2. The quantitative estimate of drug-likeness (QED) is 0.466. The lowest BCUT2D eigenvalue weighted by Gasteiger charge is -2.34. The molecule has 0 saturated carbocycles. The number of primary amides is 1. The maximum Gasteiger partial charge on any atom is 0.347 e. The van der Waals surface area contributed by atoms with E-state index in [1.165, 1.54) is 11.0 Å². The van der Waals surface area contributed by atoms with E-state index in [9.17, 15) is 4.79 Å². The van der Waals surface area contributed by atoms with E-state index >= 15 is 0 Å². The molecule has 10 nitrogen and oxygen atoms in total. The molecule has 1 amide bonds. The standard InChI is InChI=1S/C23H24N8O2/c1-29-10-12-30(13-11-29)18-8-6-17(7-9-18)27-22-19(21(24)32)15-25-23(28-22)33-31-20-5-3-2-4-16(20)14-26-31/h2-9,14-15H,10-13H2,1H3,(H2,24,32)(H,25,27,28). The first-order chi connectivity index (χ1) is 16.1. The summed E-state index contributed by atoms with van der Waals surface area (Å²) in [5, 5.41) is 8.30. The van der Waals surface area contributed by atoms with Gasteiger partial charge in [0.1, 0.15) is 11.1 Å². The Kier molecular flexibility index (Phi) is 5.49. The molecule has 1 aliphatic rings. The Morgan fingerprint density at radius 2 is 1.79 bits per heavy atom. The van der Waals surface area contributed by atoms with Crippen molar-refractivity contribution in [3.05, 3.63) is 66.5 Å². The number of nitrogens with one attached hydrogen (secondary N) is 1. The summed E-state index contributed by atoms with van der Waals surface area (Å²) in [5.74, 6) is -0.376. The Hall–Kier alpha value is -4.18. The molecular weight excluding hydrogens is 420 g/mol. The van der Waals surface area contributed by atoms with Crippen LogP contribution in [0, 0.1) is 0 Å². The molecule has 0 radical (unpaired) electrons. The molecule has 168 valence electrons. The summed E-state index contributed by atoms with van der Waals surface area (Å²) < 4.78 is 0. The number of hydrogen-bond acceptors (Lipinski definition) is 8. The van der Waals surface area contributed by atoms with E-state index in [2.05, 4.69) is 37.2 Å². The number of piperazine rings is 1. The van der Waals surface area contributed by atoms with Crippen LogP contribution in [0.5, 0.6) is 6.01 Å². The van der Waals surface area contributed by atoms with E-state index < -0.39 is 5.91 Å². The number of aromatic nitrogens is 4. The van der Waals surface area contributed by atoms with Crippen molar-refractivity contribution in [2.75, 3.05) is 43.4 Å². The summed E-state index contributed by atoms with van der Waals surface area (Å²) >= 11 is 0. The number of benzene rings is 2. The minimum Gasteiger partial charge on any atom is -0.369 e. The van der Waals surface area contributed by atoms with Crippen molar-refractivity contribution in [3.63, 3.8) is 0 Å². The third kappa shape index (κ3) is 4.41. The fourth-order valence-electron chi connectivity index (χ4n) is 3.74. The normalized spacial score (nSPS) is 14.4. The zero-order valence-corrected chi connectivity index (χ0v) is 18.2. The predicted molar refractivity (Wildman–Crippen MR) is 126 cm³/mol. The molecule has 0 atom stereocenters. The highest BCUT2D eigenvalue weighted by molar-refractivity contribution is 5.98. The van der Waals surface area contributed by atoms with Gasteiger partial charge in [-0.1, -0.05) is 23.0 Å². The summed E-state index contributed by atoms with van der Waals surface area (Å²) in [6.45, 7) is 4.06. The van der Waals surface area contributed by atoms with Gasteiger partial charge in [-0.3, -0.25) is 4.79 Å². The molecule has 2 aromatic carbocycles. The third-order valence-electron chi connectivity index (χ3n) is 5.64. The Balaban J connectivity index is 1.37. The first-order valence-electron chi connectivity index (χ1n) is 10.7. The molecule has 0 aliphatic carbocycles. The predicted octanol–water partition coefficient (Wildman–Crippen LogP) is 2.26. The topological polar surface area (TPSA) is 114 Å². The first kappa shape index (κ1) is 20.7. The number of amides is 1. The van der Waals surface area contributed by atoms with Gasteiger partial charge >= 0.3 is 6.01 Å². The van der Waals surface area contributed by atoms with Crippen LogP contribution in [0.4, 0.5) is 17.2 Å². The van der Waals surface area contributed by atoms with Gasteiger partial charge < -0.3 is 25.7 Å². The number of carbonyl (C=O) groups is 1. The van der Waals surface area contributed by atoms with Crippen molar-refractivity contribution in [2.24, 2.45) is 5.73 Å². The molecule has 2 aromatic heterocycles. The van der Waals surface area contributed by atoms with E-state index in [4.69, 9.17) is 10.6 Å². The van der Waals surface area contributed by atoms with E-state index in [1.807, 2.05) is 48.5 Å². The second kappa shape index (κ2) is 8.75. The smallest absolute Gasteiger partial charge is 0.347 e. The fourth-order valence-corrected chi connectivity index (χ4v) is 3.74. The summed E-state index contributed by atoms with van der Waals surface area (Å²) in [5.41, 5.74) is 8.39. The summed E-state index contributed by atoms with van der Waals surface area (Å²) in [6, 6.07) is 15.6. The number of anilines is 3. The Bertz CT molecular complexity index is 1280. The average Bonchev–Trinajstić information content (AvgIpc) is 3.23. The molecule has 0 bridgehead atoms. The molecule has 4 aromatic rings. The average molecular weight is 444 g/mol. The summed E-state index contributed by atoms with van der Waals surface area (Å²) in [7, 11) is 2.13. The molecular formula is C23H24N8O2. The van der Waals surface area contributed by atoms with Gasteiger partial charge in [0.15, 0.2) is 5.82 Å². The highest BCUT2D eigenvalue weighted by Crippen LogP contribution is 2.24. The van der Waals surface area contributed by atoms with Crippen molar-refractivity contribution in [3.8, 4) is 6.01 Å². The van der Waals surface area contributed by atoms with E-state index in [0.29, 0.717) is 0 Å². The third-order valence-corrected chi connectivity index (χ3v) is 5.64. The lowest BCUT2D eigenvalue weighted by molar-refractivity contribution is 0.1000. The van der Waals surface area contributed by atoms with Crippen LogP contribution in [0.25, 0.3) is 10.9 Å². The number of nitrogens with zero attached hydrogens (tertiary/aromatic N) is 6. The minimum absolute atomic E-state index is 0.0328. The Labute approximate surface area is 190 Å². The molecule has 1 aliphatic heterocycles. The number of hydrogen-bond donors (Lipinski definition) is 2. The van der Waals surface area contributed by atoms with Gasteiger partial charge in [0, 0.05) is 49.1 Å². The van der Waals surface area contributed by atoms with Crippen LogP contribution >= 0.6 is 0 Å². The van der Waals surface area contributed by atoms with Crippen molar-refractivity contribution < 1.29 is 9.63 Å². The molecule has 3 heterocycles. The van der Waals surface area contributed by atoms with Gasteiger partial charge in [-0.2, -0.15) is 4.98 Å². The maximum atomic E-state index is 11.9. The van der Waals surface area contributed by atoms with Crippen molar-refractivity contribution in [1.29, 1.82) is 0 Å². The maximum absolute atomic E-state index is 11.9. The van der Waals surface area contributed by atoms with Crippen LogP contribution < -0.4 is 20.8 Å². The number of carbonyl (C=O) groups excluding carboxylic acids is 1. The van der Waals surface area contributed by atoms with Gasteiger partial charge in [0.2, 0.25) is 0 Å². The number of nitrogens with two attached hydrogens (primary N) is 1. The van der Waals surface area contributed by atoms with Crippen molar-refractivity contribution in [1.82, 2.24) is 24.8 Å². The zero-order valence-electron chi connectivity index (χ0n) is 18.2. The molecule has 0 unspecified atom stereocenters. The highest BCUT2D eigenvalue weighted by atomic mass is 16.7. The molecule has 5 rings (SSSR count). The molecule has 33 heavy (non-hydrogen) atoms. The SMILES string of the molecule is CN1CCN(c2ccc(Nc3nc(On4ncc5ccccc54)ncc3C(N)=O)cc2)CC1. The monoisotopic (exact) mass is 444 g/mol. The van der Waals surface area contributed by atoms with E-state index in [1.54, 1.807) is 6.20 Å². The fraction of sp³-hybridized carbons (Fsp3) is 0.217. The molecule has 0 spiro atoms. The van der Waals surface area contributed by atoms with Crippen LogP contribution in [0.2, 0.25) is 0 Å². The van der Waals surface area contributed by atoms with Crippen molar-refractivity contribution in [2.45, 2.75) is 0 Å². The number of fused-ring (bicyclic) bond motifs is 1. The zero-order chi connectivity index (χ0) is 22.8. The number of rotatable bonds is 6. The van der Waals surface area contributed by atoms with Crippen LogP contribution in [0.1, 0.15) is 10.4 Å². The van der Waals surface area contributed by atoms with Gasteiger partial charge in [-0.05, 0) is 37.4 Å². The number of likely N-dealkylation sites (N-methyl/N-ethyl adjacent to an activating group) is 1. The summed E-state index contributed by atoms with van der Waals surface area (Å²) in [6.07, 6.45) is 3.03. The molecule has 3 N–H and O–H groups in total. The second-order valence-corrected chi connectivity index (χ2v) is 7.91. The van der Waals surface area contributed by atoms with Gasteiger partial charge in [-0.15, -0.1) is 5.10 Å². The highest BCUT2D eigenvalue weighted by Gasteiger charge is 2.16. The van der Waals surface area contributed by atoms with Crippen molar-refractivity contribution >= 4 is 34.0 Å². The van der Waals surface area contributed by atoms with E-state index in [0.717, 1.165) is 48.5 Å². The lowest BCUT2D eigenvalue weighted by Crippen LogP contribution is -2.44. The van der Waals surface area contributed by atoms with E-state index in [-0.39, 0.29) is 17.4 Å². The molecule has 10 heteroatoms. The van der Waals surface area contributed by atoms with Gasteiger partial charge in [-0.25, -0.2) is 4.98 Å². The van der Waals surface area contributed by atoms with Crippen LogP contribution in [-0.4, -0.2) is 63.9 Å². The van der Waals surface area contributed by atoms with Crippen LogP contribution in [0.15, 0.2) is 60.9 Å². The number of para-hydroxylation sites is 1.